The summed E-state index contributed by atoms with van der Waals surface area (Å²) >= 11 is 0. The Morgan fingerprint density at radius 3 is 2.59 bits per heavy atom. The van der Waals surface area contributed by atoms with Crippen LogP contribution in [0.25, 0.3) is 5.69 Å². The second kappa shape index (κ2) is 10.9. The molecule has 1 heterocycles. The third-order valence-corrected chi connectivity index (χ3v) is 4.77. The smallest absolute Gasteiger partial charge is 0.191 e. The van der Waals surface area contributed by atoms with Crippen LogP contribution in [0, 0.1) is 23.0 Å². The minimum Gasteiger partial charge on any atom is -0.382 e. The molecule has 0 fully saturated rings. The molecule has 0 bridgehead atoms. The fourth-order valence-electron chi connectivity index (χ4n) is 3.15. The quantitative estimate of drug-likeness (QED) is 0.285. The van der Waals surface area contributed by atoms with E-state index in [1.54, 1.807) is 30.3 Å². The highest BCUT2D eigenvalue weighted by Crippen LogP contribution is 2.21. The Labute approximate surface area is 185 Å². The molecule has 0 atom stereocenters. The summed E-state index contributed by atoms with van der Waals surface area (Å²) in [5.41, 5.74) is 8.08. The van der Waals surface area contributed by atoms with Gasteiger partial charge in [0.25, 0.3) is 0 Å². The molecule has 166 valence electrons. The SMILES string of the molecule is CCNC(=NCc1ccccc1F)NCCCc1nn(-c2ccc(F)cc2)c(N)c1C#N. The highest BCUT2D eigenvalue weighted by Gasteiger charge is 2.16. The molecule has 0 aliphatic carbocycles. The Morgan fingerprint density at radius 1 is 1.16 bits per heavy atom. The maximum Gasteiger partial charge on any atom is 0.191 e. The maximum absolute atomic E-state index is 13.8. The minimum absolute atomic E-state index is 0.221. The summed E-state index contributed by atoms with van der Waals surface area (Å²) in [6.07, 6.45) is 1.18. The van der Waals surface area contributed by atoms with E-state index in [9.17, 15) is 14.0 Å². The zero-order valence-electron chi connectivity index (χ0n) is 17.8. The third-order valence-electron chi connectivity index (χ3n) is 4.77. The van der Waals surface area contributed by atoms with Crippen molar-refractivity contribution in [1.82, 2.24) is 20.4 Å². The van der Waals surface area contributed by atoms with Crippen LogP contribution in [0.4, 0.5) is 14.6 Å². The Morgan fingerprint density at radius 2 is 1.91 bits per heavy atom. The molecule has 4 N–H and O–H groups in total. The second-order valence-electron chi connectivity index (χ2n) is 7.02. The van der Waals surface area contributed by atoms with E-state index in [1.165, 1.54) is 22.9 Å². The van der Waals surface area contributed by atoms with Crippen LogP contribution in [-0.2, 0) is 13.0 Å². The molecule has 7 nitrogen and oxygen atoms in total. The normalized spacial score (nSPS) is 11.2. The average Bonchev–Trinajstić information content (AvgIpc) is 3.11. The van der Waals surface area contributed by atoms with Crippen molar-refractivity contribution < 1.29 is 8.78 Å². The van der Waals surface area contributed by atoms with E-state index in [2.05, 4.69) is 26.8 Å². The number of nitriles is 1. The number of halogens is 2. The van der Waals surface area contributed by atoms with Gasteiger partial charge in [-0.1, -0.05) is 18.2 Å². The number of aryl methyl sites for hydroxylation is 1. The van der Waals surface area contributed by atoms with Gasteiger partial charge in [-0.2, -0.15) is 10.4 Å². The van der Waals surface area contributed by atoms with Crippen LogP contribution in [0.5, 0.6) is 0 Å². The van der Waals surface area contributed by atoms with Crippen molar-refractivity contribution in [2.45, 2.75) is 26.3 Å². The highest BCUT2D eigenvalue weighted by molar-refractivity contribution is 5.79. The zero-order chi connectivity index (χ0) is 22.9. The first-order chi connectivity index (χ1) is 15.5. The van der Waals surface area contributed by atoms with Crippen molar-refractivity contribution in [3.8, 4) is 11.8 Å². The molecule has 0 saturated heterocycles. The number of benzene rings is 2. The minimum atomic E-state index is -0.362. The van der Waals surface area contributed by atoms with Gasteiger partial charge < -0.3 is 16.4 Å². The Balaban J connectivity index is 1.62. The topological polar surface area (TPSA) is 104 Å². The number of nitrogens with zero attached hydrogens (tertiary/aromatic N) is 4. The summed E-state index contributed by atoms with van der Waals surface area (Å²) < 4.78 is 28.4. The van der Waals surface area contributed by atoms with E-state index in [-0.39, 0.29) is 24.0 Å². The van der Waals surface area contributed by atoms with Gasteiger partial charge in [0.05, 0.1) is 17.9 Å². The summed E-state index contributed by atoms with van der Waals surface area (Å²) in [6, 6.07) is 14.4. The van der Waals surface area contributed by atoms with Gasteiger partial charge in [-0.05, 0) is 50.1 Å². The molecule has 0 aliphatic heterocycles. The second-order valence-corrected chi connectivity index (χ2v) is 7.02. The Kier molecular flexibility index (Phi) is 7.75. The first-order valence-corrected chi connectivity index (χ1v) is 10.3. The molecule has 3 aromatic rings. The average molecular weight is 437 g/mol. The van der Waals surface area contributed by atoms with E-state index in [0.29, 0.717) is 54.4 Å². The van der Waals surface area contributed by atoms with Crippen LogP contribution in [-0.4, -0.2) is 28.8 Å². The van der Waals surface area contributed by atoms with Crippen molar-refractivity contribution in [3.05, 3.63) is 77.0 Å². The third kappa shape index (κ3) is 5.60. The molecular formula is C23H25F2N7. The van der Waals surface area contributed by atoms with E-state index < -0.39 is 0 Å². The molecule has 0 saturated carbocycles. The van der Waals surface area contributed by atoms with Crippen molar-refractivity contribution in [1.29, 1.82) is 5.26 Å². The lowest BCUT2D eigenvalue weighted by atomic mass is 10.1. The van der Waals surface area contributed by atoms with Crippen molar-refractivity contribution in [3.63, 3.8) is 0 Å². The molecule has 0 aliphatic rings. The largest absolute Gasteiger partial charge is 0.382 e. The first-order valence-electron chi connectivity index (χ1n) is 10.3. The number of nitrogens with one attached hydrogen (secondary N) is 2. The Hall–Kier alpha value is -3.93. The van der Waals surface area contributed by atoms with Gasteiger partial charge in [0, 0.05) is 18.7 Å². The van der Waals surface area contributed by atoms with Gasteiger partial charge in [0.2, 0.25) is 0 Å². The number of anilines is 1. The summed E-state index contributed by atoms with van der Waals surface area (Å²) in [7, 11) is 0. The van der Waals surface area contributed by atoms with Gasteiger partial charge in [-0.25, -0.2) is 18.5 Å². The van der Waals surface area contributed by atoms with E-state index in [1.807, 2.05) is 6.92 Å². The van der Waals surface area contributed by atoms with Crippen LogP contribution in [0.3, 0.4) is 0 Å². The van der Waals surface area contributed by atoms with Crippen molar-refractivity contribution in [2.24, 2.45) is 4.99 Å². The number of rotatable bonds is 8. The molecule has 3 rings (SSSR count). The fourth-order valence-corrected chi connectivity index (χ4v) is 3.15. The van der Waals surface area contributed by atoms with Gasteiger partial charge in [-0.3, -0.25) is 0 Å². The van der Waals surface area contributed by atoms with Gasteiger partial charge >= 0.3 is 0 Å². The molecular weight excluding hydrogens is 412 g/mol. The van der Waals surface area contributed by atoms with Crippen LogP contribution >= 0.6 is 0 Å². The van der Waals surface area contributed by atoms with Crippen LogP contribution in [0.1, 0.15) is 30.2 Å². The highest BCUT2D eigenvalue weighted by atomic mass is 19.1. The number of nitrogen functional groups attached to an aromatic ring is 1. The first kappa shape index (κ1) is 22.7. The Bertz CT molecular complexity index is 1110. The lowest BCUT2D eigenvalue weighted by molar-refractivity contribution is 0.610. The standard InChI is InChI=1S/C23H25F2N7/c1-2-28-23(30-15-16-6-3-4-7-20(16)25)29-13-5-8-21-19(14-26)22(27)32(31-21)18-11-9-17(24)10-12-18/h3-4,6-7,9-12H,2,5,8,13,15,27H2,1H3,(H2,28,29,30). The lowest BCUT2D eigenvalue weighted by Crippen LogP contribution is -2.37. The van der Waals surface area contributed by atoms with E-state index in [4.69, 9.17) is 5.73 Å². The van der Waals surface area contributed by atoms with Gasteiger partial charge in [0.15, 0.2) is 5.96 Å². The zero-order valence-corrected chi connectivity index (χ0v) is 17.8. The summed E-state index contributed by atoms with van der Waals surface area (Å²) in [5.74, 6) is 0.152. The number of guanidine groups is 1. The molecule has 0 amide bonds. The van der Waals surface area contributed by atoms with Crippen LogP contribution in [0.2, 0.25) is 0 Å². The molecule has 0 spiro atoms. The van der Waals surface area contributed by atoms with Crippen molar-refractivity contribution in [2.75, 3.05) is 18.8 Å². The number of hydrogen-bond donors (Lipinski definition) is 3. The van der Waals surface area contributed by atoms with Gasteiger partial charge in [0.1, 0.15) is 29.1 Å². The van der Waals surface area contributed by atoms with Gasteiger partial charge in [-0.15, -0.1) is 0 Å². The fraction of sp³-hybridized carbons (Fsp3) is 0.261. The summed E-state index contributed by atoms with van der Waals surface area (Å²) in [4.78, 5) is 4.42. The maximum atomic E-state index is 13.8. The molecule has 32 heavy (non-hydrogen) atoms. The number of nitrogens with two attached hydrogens (primary N) is 1. The molecule has 1 aromatic heterocycles. The lowest BCUT2D eigenvalue weighted by Gasteiger charge is -2.11. The van der Waals surface area contributed by atoms with Crippen LogP contribution in [0.15, 0.2) is 53.5 Å². The molecule has 0 radical (unpaired) electrons. The molecule has 2 aromatic carbocycles. The van der Waals surface area contributed by atoms with E-state index >= 15 is 0 Å². The summed E-state index contributed by atoms with van der Waals surface area (Å²) in [5, 5.41) is 20.3. The predicted molar refractivity (Wildman–Crippen MR) is 120 cm³/mol. The predicted octanol–water partition coefficient (Wildman–Crippen LogP) is 3.29. The number of aromatic nitrogens is 2. The molecule has 9 heteroatoms. The summed E-state index contributed by atoms with van der Waals surface area (Å²) in [6.45, 7) is 3.40. The number of hydrogen-bond acceptors (Lipinski definition) is 4. The molecule has 0 unspecified atom stereocenters. The van der Waals surface area contributed by atoms with E-state index in [0.717, 1.165) is 0 Å². The number of aliphatic imine (C=N–C) groups is 1. The monoisotopic (exact) mass is 437 g/mol. The van der Waals surface area contributed by atoms with Crippen LogP contribution < -0.4 is 16.4 Å². The van der Waals surface area contributed by atoms with Crippen molar-refractivity contribution >= 4 is 11.8 Å².